The van der Waals surface area contributed by atoms with E-state index in [9.17, 15) is 9.50 Å². The Hall–Kier alpha value is -0.410. The molecule has 1 fully saturated rings. The molecule has 3 heteroatoms. The average molecular weight is 315 g/mol. The Bertz CT molecular complexity index is 399. The molecule has 1 unspecified atom stereocenters. The van der Waals surface area contributed by atoms with Crippen LogP contribution in [0.25, 0.3) is 0 Å². The highest BCUT2D eigenvalue weighted by Gasteiger charge is 2.28. The van der Waals surface area contributed by atoms with E-state index in [0.29, 0.717) is 10.0 Å². The van der Waals surface area contributed by atoms with Crippen molar-refractivity contribution in [1.29, 1.82) is 0 Å². The number of halogens is 2. The van der Waals surface area contributed by atoms with E-state index in [0.717, 1.165) is 31.6 Å². The van der Waals surface area contributed by atoms with Crippen molar-refractivity contribution in [3.8, 4) is 0 Å². The number of hydrogen-bond donors (Lipinski definition) is 1. The molecule has 2 rings (SSSR count). The van der Waals surface area contributed by atoms with Crippen LogP contribution >= 0.6 is 15.9 Å². The third-order valence-electron chi connectivity index (χ3n) is 4.20. The second-order valence-electron chi connectivity index (χ2n) is 5.30. The van der Waals surface area contributed by atoms with Gasteiger partial charge in [-0.05, 0) is 36.8 Å². The Labute approximate surface area is 117 Å². The molecule has 1 atom stereocenters. The van der Waals surface area contributed by atoms with Crippen molar-refractivity contribution in [1.82, 2.24) is 0 Å². The maximum Gasteiger partial charge on any atom is 0.130 e. The standard InChI is InChI=1S/C15H20BrFO/c1-2-10-3-5-11(6-4-10)15(18)13-8-7-12(16)9-14(13)17/h7-11,15,18H,2-6H2,1H3. The molecule has 0 heterocycles. The zero-order chi connectivity index (χ0) is 13.1. The van der Waals surface area contributed by atoms with Gasteiger partial charge >= 0.3 is 0 Å². The van der Waals surface area contributed by atoms with Gasteiger partial charge in [0.25, 0.3) is 0 Å². The molecule has 100 valence electrons. The van der Waals surface area contributed by atoms with Crippen molar-refractivity contribution in [3.05, 3.63) is 34.1 Å². The van der Waals surface area contributed by atoms with Crippen molar-refractivity contribution < 1.29 is 9.50 Å². The first-order chi connectivity index (χ1) is 8.61. The van der Waals surface area contributed by atoms with Crippen molar-refractivity contribution in [2.24, 2.45) is 11.8 Å². The monoisotopic (exact) mass is 314 g/mol. The zero-order valence-corrected chi connectivity index (χ0v) is 12.3. The molecule has 1 saturated carbocycles. The topological polar surface area (TPSA) is 20.2 Å². The molecule has 0 amide bonds. The summed E-state index contributed by atoms with van der Waals surface area (Å²) in [5.41, 5.74) is 0.443. The number of hydrogen-bond acceptors (Lipinski definition) is 1. The molecule has 0 bridgehead atoms. The summed E-state index contributed by atoms with van der Waals surface area (Å²) in [6, 6.07) is 4.91. The van der Waals surface area contributed by atoms with Crippen LogP contribution in [-0.4, -0.2) is 5.11 Å². The minimum atomic E-state index is -0.657. The van der Waals surface area contributed by atoms with E-state index < -0.39 is 6.10 Å². The summed E-state index contributed by atoms with van der Waals surface area (Å²) < 4.78 is 14.5. The summed E-state index contributed by atoms with van der Waals surface area (Å²) in [6.45, 7) is 2.22. The lowest BCUT2D eigenvalue weighted by atomic mass is 9.77. The lowest BCUT2D eigenvalue weighted by molar-refractivity contribution is 0.0700. The largest absolute Gasteiger partial charge is 0.388 e. The molecule has 0 aliphatic heterocycles. The Morgan fingerprint density at radius 1 is 1.33 bits per heavy atom. The van der Waals surface area contributed by atoms with Gasteiger partial charge in [-0.25, -0.2) is 4.39 Å². The van der Waals surface area contributed by atoms with E-state index in [1.807, 2.05) is 0 Å². The molecule has 1 aromatic rings. The zero-order valence-electron chi connectivity index (χ0n) is 10.7. The Balaban J connectivity index is 2.05. The normalized spacial score (nSPS) is 26.0. The summed E-state index contributed by atoms with van der Waals surface area (Å²) >= 11 is 3.24. The minimum Gasteiger partial charge on any atom is -0.388 e. The minimum absolute atomic E-state index is 0.212. The van der Waals surface area contributed by atoms with Crippen LogP contribution in [0.5, 0.6) is 0 Å². The summed E-state index contributed by atoms with van der Waals surface area (Å²) in [7, 11) is 0. The SMILES string of the molecule is CCC1CCC(C(O)c2ccc(Br)cc2F)CC1. The van der Waals surface area contributed by atoms with E-state index >= 15 is 0 Å². The molecule has 1 N–H and O–H groups in total. The van der Waals surface area contributed by atoms with Crippen molar-refractivity contribution in [2.75, 3.05) is 0 Å². The smallest absolute Gasteiger partial charge is 0.130 e. The van der Waals surface area contributed by atoms with Crippen LogP contribution < -0.4 is 0 Å². The molecular weight excluding hydrogens is 295 g/mol. The van der Waals surface area contributed by atoms with E-state index in [1.54, 1.807) is 12.1 Å². The Morgan fingerprint density at radius 2 is 2.00 bits per heavy atom. The molecule has 0 spiro atoms. The molecule has 1 nitrogen and oxygen atoms in total. The van der Waals surface area contributed by atoms with Crippen molar-refractivity contribution in [2.45, 2.75) is 45.1 Å². The van der Waals surface area contributed by atoms with Gasteiger partial charge in [0.05, 0.1) is 6.10 Å². The van der Waals surface area contributed by atoms with E-state index in [1.165, 1.54) is 12.5 Å². The molecule has 0 radical (unpaired) electrons. The van der Waals surface area contributed by atoms with Crippen LogP contribution in [0.15, 0.2) is 22.7 Å². The number of aliphatic hydroxyl groups excluding tert-OH is 1. The van der Waals surface area contributed by atoms with E-state index in [-0.39, 0.29) is 11.7 Å². The van der Waals surface area contributed by atoms with Gasteiger partial charge in [-0.1, -0.05) is 48.2 Å². The van der Waals surface area contributed by atoms with Crippen molar-refractivity contribution >= 4 is 15.9 Å². The van der Waals surface area contributed by atoms with Gasteiger partial charge in [0.1, 0.15) is 5.82 Å². The van der Waals surface area contributed by atoms with Gasteiger partial charge in [-0.2, -0.15) is 0 Å². The predicted molar refractivity (Wildman–Crippen MR) is 74.8 cm³/mol. The average Bonchev–Trinajstić information content (AvgIpc) is 2.38. The molecule has 1 aliphatic carbocycles. The third kappa shape index (κ3) is 3.12. The number of aliphatic hydroxyl groups is 1. The maximum atomic E-state index is 13.8. The van der Waals surface area contributed by atoms with Gasteiger partial charge in [0, 0.05) is 10.0 Å². The van der Waals surface area contributed by atoms with E-state index in [4.69, 9.17) is 0 Å². The fourth-order valence-corrected chi connectivity index (χ4v) is 3.24. The fourth-order valence-electron chi connectivity index (χ4n) is 2.91. The molecule has 18 heavy (non-hydrogen) atoms. The highest BCUT2D eigenvalue weighted by atomic mass is 79.9. The summed E-state index contributed by atoms with van der Waals surface area (Å²) in [5, 5.41) is 10.3. The summed E-state index contributed by atoms with van der Waals surface area (Å²) in [4.78, 5) is 0. The molecule has 1 aliphatic rings. The highest BCUT2D eigenvalue weighted by Crippen LogP contribution is 2.38. The first-order valence-corrected chi connectivity index (χ1v) is 7.54. The van der Waals surface area contributed by atoms with Crippen LogP contribution in [0.2, 0.25) is 0 Å². The molecule has 0 saturated heterocycles. The summed E-state index contributed by atoms with van der Waals surface area (Å²) in [5.74, 6) is 0.696. The number of benzene rings is 1. The van der Waals surface area contributed by atoms with Crippen molar-refractivity contribution in [3.63, 3.8) is 0 Å². The van der Waals surface area contributed by atoms with Gasteiger partial charge < -0.3 is 5.11 Å². The third-order valence-corrected chi connectivity index (χ3v) is 4.69. The molecule has 1 aromatic carbocycles. The van der Waals surface area contributed by atoms with Crippen LogP contribution in [0, 0.1) is 17.7 Å². The molecular formula is C15H20BrFO. The predicted octanol–water partition coefficient (Wildman–Crippen LogP) is 4.84. The number of rotatable bonds is 3. The van der Waals surface area contributed by atoms with Gasteiger partial charge in [-0.15, -0.1) is 0 Å². The van der Waals surface area contributed by atoms with Gasteiger partial charge in [-0.3, -0.25) is 0 Å². The Kier molecular flexibility index (Phi) is 4.79. The maximum absolute atomic E-state index is 13.8. The molecule has 0 aromatic heterocycles. The first kappa shape index (κ1) is 14.0. The second-order valence-corrected chi connectivity index (χ2v) is 6.22. The van der Waals surface area contributed by atoms with Crippen LogP contribution in [-0.2, 0) is 0 Å². The van der Waals surface area contributed by atoms with Gasteiger partial charge in [0.15, 0.2) is 0 Å². The van der Waals surface area contributed by atoms with E-state index in [2.05, 4.69) is 22.9 Å². The lowest BCUT2D eigenvalue weighted by Gasteiger charge is -2.31. The van der Waals surface area contributed by atoms with Crippen LogP contribution in [0.1, 0.15) is 50.7 Å². The van der Waals surface area contributed by atoms with Crippen LogP contribution in [0.3, 0.4) is 0 Å². The summed E-state index contributed by atoms with van der Waals surface area (Å²) in [6.07, 6.45) is 4.91. The van der Waals surface area contributed by atoms with Crippen LogP contribution in [0.4, 0.5) is 4.39 Å². The first-order valence-electron chi connectivity index (χ1n) is 6.74. The Morgan fingerprint density at radius 3 is 2.56 bits per heavy atom. The lowest BCUT2D eigenvalue weighted by Crippen LogP contribution is -2.20. The van der Waals surface area contributed by atoms with Gasteiger partial charge in [0.2, 0.25) is 0 Å². The second kappa shape index (κ2) is 6.16. The quantitative estimate of drug-likeness (QED) is 0.846. The highest BCUT2D eigenvalue weighted by molar-refractivity contribution is 9.10. The fraction of sp³-hybridized carbons (Fsp3) is 0.600.